The summed E-state index contributed by atoms with van der Waals surface area (Å²) in [5, 5.41) is 2.73. The van der Waals surface area contributed by atoms with Gasteiger partial charge in [-0.3, -0.25) is 9.59 Å². The molecule has 1 N–H and O–H groups in total. The molecule has 0 radical (unpaired) electrons. The monoisotopic (exact) mass is 482 g/mol. The van der Waals surface area contributed by atoms with Crippen molar-refractivity contribution >= 4 is 17.5 Å². The lowest BCUT2D eigenvalue weighted by Crippen LogP contribution is -2.44. The fraction of sp³-hybridized carbons (Fsp3) is 0.481. The van der Waals surface area contributed by atoms with Gasteiger partial charge in [0.15, 0.2) is 11.5 Å². The molecule has 35 heavy (non-hydrogen) atoms. The number of carbonyl (C=O) groups is 2. The largest absolute Gasteiger partial charge is 0.493 e. The number of carbonyl (C=O) groups excluding carboxylic acids is 2. The molecule has 8 nitrogen and oxygen atoms in total. The Hall–Kier alpha value is -3.10. The highest BCUT2D eigenvalue weighted by Crippen LogP contribution is 2.33. The van der Waals surface area contributed by atoms with Crippen molar-refractivity contribution in [2.45, 2.75) is 39.3 Å². The minimum atomic E-state index is -0.152. The Morgan fingerprint density at radius 2 is 1.91 bits per heavy atom. The molecule has 2 aromatic rings. The van der Waals surface area contributed by atoms with Gasteiger partial charge in [-0.15, -0.1) is 0 Å². The van der Waals surface area contributed by atoms with E-state index in [9.17, 15) is 9.59 Å². The van der Waals surface area contributed by atoms with Crippen molar-refractivity contribution in [3.63, 3.8) is 0 Å². The minimum Gasteiger partial charge on any atom is -0.493 e. The van der Waals surface area contributed by atoms with E-state index in [2.05, 4.69) is 12.2 Å². The second-order valence-electron chi connectivity index (χ2n) is 9.66. The topological polar surface area (TPSA) is 86.3 Å². The van der Waals surface area contributed by atoms with E-state index in [1.54, 1.807) is 31.4 Å². The van der Waals surface area contributed by atoms with Crippen LogP contribution in [-0.2, 0) is 20.8 Å². The van der Waals surface area contributed by atoms with Gasteiger partial charge in [-0.2, -0.15) is 0 Å². The number of nitrogens with one attached hydrogen (secondary N) is 1. The van der Waals surface area contributed by atoms with E-state index in [0.29, 0.717) is 55.7 Å². The minimum absolute atomic E-state index is 0.00619. The zero-order valence-electron chi connectivity index (χ0n) is 20.7. The molecule has 1 unspecified atom stereocenters. The van der Waals surface area contributed by atoms with Crippen molar-refractivity contribution in [1.82, 2.24) is 4.90 Å². The van der Waals surface area contributed by atoms with E-state index < -0.39 is 0 Å². The Morgan fingerprint density at radius 3 is 2.51 bits per heavy atom. The molecule has 2 aromatic carbocycles. The molecule has 0 aliphatic carbocycles. The van der Waals surface area contributed by atoms with Crippen LogP contribution >= 0.6 is 0 Å². The van der Waals surface area contributed by atoms with Gasteiger partial charge < -0.3 is 29.2 Å². The predicted molar refractivity (Wildman–Crippen MR) is 132 cm³/mol. The molecule has 2 aliphatic heterocycles. The smallest absolute Gasteiger partial charge is 0.254 e. The lowest BCUT2D eigenvalue weighted by atomic mass is 9.90. The standard InChI is InChI=1S/C27H34N2O6/c1-19(30)28-22-9-7-21(8-10-22)26(31)29(15-23-5-4-12-34-23)14-20-6-11-24(32-3)25(13-20)35-18-27(2)16-33-17-27/h6-11,13,23H,4-5,12,14-18H2,1-3H3,(H,28,30). The molecule has 1 atom stereocenters. The van der Waals surface area contributed by atoms with Crippen molar-refractivity contribution in [3.8, 4) is 11.5 Å². The van der Waals surface area contributed by atoms with Gasteiger partial charge in [0, 0.05) is 43.3 Å². The first-order chi connectivity index (χ1) is 16.8. The number of benzene rings is 2. The van der Waals surface area contributed by atoms with Gasteiger partial charge in [0.2, 0.25) is 5.91 Å². The molecule has 2 amide bonds. The summed E-state index contributed by atoms with van der Waals surface area (Å²) in [6.07, 6.45) is 1.95. The van der Waals surface area contributed by atoms with Crippen molar-refractivity contribution in [2.75, 3.05) is 45.4 Å². The lowest BCUT2D eigenvalue weighted by Gasteiger charge is -2.37. The fourth-order valence-corrected chi connectivity index (χ4v) is 4.27. The molecular weight excluding hydrogens is 448 g/mol. The highest BCUT2D eigenvalue weighted by atomic mass is 16.5. The average Bonchev–Trinajstić information content (AvgIpc) is 3.34. The van der Waals surface area contributed by atoms with Crippen LogP contribution < -0.4 is 14.8 Å². The molecule has 2 saturated heterocycles. The zero-order valence-corrected chi connectivity index (χ0v) is 20.7. The van der Waals surface area contributed by atoms with E-state index in [4.69, 9.17) is 18.9 Å². The van der Waals surface area contributed by atoms with Gasteiger partial charge in [0.25, 0.3) is 5.91 Å². The first-order valence-corrected chi connectivity index (χ1v) is 12.0. The van der Waals surface area contributed by atoms with E-state index >= 15 is 0 Å². The second-order valence-corrected chi connectivity index (χ2v) is 9.66. The summed E-state index contributed by atoms with van der Waals surface area (Å²) in [5.41, 5.74) is 2.16. The fourth-order valence-electron chi connectivity index (χ4n) is 4.27. The third-order valence-electron chi connectivity index (χ3n) is 6.27. The Balaban J connectivity index is 1.51. The van der Waals surface area contributed by atoms with Gasteiger partial charge in [0.05, 0.1) is 33.0 Å². The molecular formula is C27H34N2O6. The Kier molecular flexibility index (Phi) is 7.93. The van der Waals surface area contributed by atoms with Crippen LogP contribution in [-0.4, -0.2) is 62.9 Å². The Labute approximate surface area is 206 Å². The maximum absolute atomic E-state index is 13.5. The van der Waals surface area contributed by atoms with E-state index in [1.165, 1.54) is 6.92 Å². The number of hydrogen-bond acceptors (Lipinski definition) is 6. The molecule has 0 spiro atoms. The third kappa shape index (κ3) is 6.52. The number of anilines is 1. The quantitative estimate of drug-likeness (QED) is 0.553. The normalized spacial score (nSPS) is 18.4. The molecule has 188 valence electrons. The van der Waals surface area contributed by atoms with Gasteiger partial charge >= 0.3 is 0 Å². The maximum atomic E-state index is 13.5. The second kappa shape index (κ2) is 11.1. The van der Waals surface area contributed by atoms with Gasteiger partial charge in [0.1, 0.15) is 0 Å². The number of hydrogen-bond donors (Lipinski definition) is 1. The Morgan fingerprint density at radius 1 is 1.14 bits per heavy atom. The molecule has 2 heterocycles. The summed E-state index contributed by atoms with van der Waals surface area (Å²) in [7, 11) is 1.62. The maximum Gasteiger partial charge on any atom is 0.254 e. The van der Waals surface area contributed by atoms with Crippen LogP contribution in [0.4, 0.5) is 5.69 Å². The first kappa shape index (κ1) is 25.0. The van der Waals surface area contributed by atoms with Gasteiger partial charge in [-0.1, -0.05) is 13.0 Å². The van der Waals surface area contributed by atoms with Crippen LogP contribution in [0.2, 0.25) is 0 Å². The number of amides is 2. The Bertz CT molecular complexity index is 1030. The number of methoxy groups -OCH3 is 1. The van der Waals surface area contributed by atoms with Gasteiger partial charge in [-0.25, -0.2) is 0 Å². The van der Waals surface area contributed by atoms with E-state index in [1.807, 2.05) is 23.1 Å². The van der Waals surface area contributed by atoms with E-state index in [-0.39, 0.29) is 23.3 Å². The summed E-state index contributed by atoms with van der Waals surface area (Å²) in [4.78, 5) is 26.6. The number of nitrogens with zero attached hydrogens (tertiary/aromatic N) is 1. The van der Waals surface area contributed by atoms with Crippen LogP contribution in [0.5, 0.6) is 11.5 Å². The van der Waals surface area contributed by atoms with Crippen LogP contribution in [0.15, 0.2) is 42.5 Å². The van der Waals surface area contributed by atoms with E-state index in [0.717, 1.165) is 25.0 Å². The SMILES string of the molecule is COc1ccc(CN(CC2CCCO2)C(=O)c2ccc(NC(C)=O)cc2)cc1OCC1(C)COC1. The molecule has 4 rings (SSSR count). The highest BCUT2D eigenvalue weighted by molar-refractivity contribution is 5.95. The summed E-state index contributed by atoms with van der Waals surface area (Å²) >= 11 is 0. The highest BCUT2D eigenvalue weighted by Gasteiger charge is 2.34. The molecule has 0 aromatic heterocycles. The zero-order chi connectivity index (χ0) is 24.8. The molecule has 0 saturated carbocycles. The molecule has 8 heteroatoms. The summed E-state index contributed by atoms with van der Waals surface area (Å²) in [6.45, 7) is 7.12. The number of ether oxygens (including phenoxy) is 4. The molecule has 2 aliphatic rings. The van der Waals surface area contributed by atoms with Gasteiger partial charge in [-0.05, 0) is 54.8 Å². The average molecular weight is 483 g/mol. The molecule has 2 fully saturated rings. The van der Waals surface area contributed by atoms with Crippen LogP contribution in [0, 0.1) is 5.41 Å². The predicted octanol–water partition coefficient (Wildman–Crippen LogP) is 3.89. The summed E-state index contributed by atoms with van der Waals surface area (Å²) in [6, 6.07) is 12.7. The van der Waals surface area contributed by atoms with Crippen molar-refractivity contribution in [3.05, 3.63) is 53.6 Å². The van der Waals surface area contributed by atoms with Crippen LogP contribution in [0.25, 0.3) is 0 Å². The third-order valence-corrected chi connectivity index (χ3v) is 6.27. The van der Waals surface area contributed by atoms with Crippen molar-refractivity contribution in [1.29, 1.82) is 0 Å². The van der Waals surface area contributed by atoms with Crippen LogP contribution in [0.1, 0.15) is 42.6 Å². The first-order valence-electron chi connectivity index (χ1n) is 12.0. The van der Waals surface area contributed by atoms with Crippen molar-refractivity contribution in [2.24, 2.45) is 5.41 Å². The molecule has 0 bridgehead atoms. The van der Waals surface area contributed by atoms with Crippen LogP contribution in [0.3, 0.4) is 0 Å². The number of rotatable bonds is 10. The summed E-state index contributed by atoms with van der Waals surface area (Å²) in [5.74, 6) is 1.07. The van der Waals surface area contributed by atoms with Crippen molar-refractivity contribution < 1.29 is 28.5 Å². The lowest BCUT2D eigenvalue weighted by molar-refractivity contribution is -0.120. The summed E-state index contributed by atoms with van der Waals surface area (Å²) < 4.78 is 22.8.